The van der Waals surface area contributed by atoms with Gasteiger partial charge >= 0.3 is 0 Å². The fraction of sp³-hybridized carbons (Fsp3) is 0.462. The zero-order valence-electron chi connectivity index (χ0n) is 10.3. The molecule has 3 nitrogen and oxygen atoms in total. The number of carbonyl (C=O) groups excluding carboxylic acids is 1. The minimum Gasteiger partial charge on any atom is -0.326 e. The molecule has 1 amide bonds. The number of hydrogen-bond donors (Lipinski definition) is 2. The number of anilines is 1. The van der Waals surface area contributed by atoms with Crippen molar-refractivity contribution >= 4 is 24.0 Å². The molecule has 0 unspecified atom stereocenters. The van der Waals surface area contributed by atoms with Crippen LogP contribution in [0.2, 0.25) is 0 Å². The van der Waals surface area contributed by atoms with Crippen molar-refractivity contribution < 1.29 is 9.18 Å². The zero-order chi connectivity index (χ0) is 12.3. The van der Waals surface area contributed by atoms with E-state index >= 15 is 0 Å². The Morgan fingerprint density at radius 2 is 2.06 bits per heavy atom. The second-order valence-electron chi connectivity index (χ2n) is 4.43. The van der Waals surface area contributed by atoms with E-state index in [1.54, 1.807) is 19.1 Å². The van der Waals surface area contributed by atoms with E-state index in [1.807, 2.05) is 0 Å². The van der Waals surface area contributed by atoms with Gasteiger partial charge in [-0.2, -0.15) is 0 Å². The van der Waals surface area contributed by atoms with Gasteiger partial charge in [0.1, 0.15) is 5.82 Å². The Morgan fingerprint density at radius 3 is 2.72 bits per heavy atom. The number of hydrogen-bond acceptors (Lipinski definition) is 2. The van der Waals surface area contributed by atoms with E-state index in [9.17, 15) is 9.18 Å². The van der Waals surface area contributed by atoms with Gasteiger partial charge in [0.15, 0.2) is 0 Å². The highest BCUT2D eigenvalue weighted by atomic mass is 35.5. The lowest BCUT2D eigenvalue weighted by atomic mass is 9.97. The smallest absolute Gasteiger partial charge is 0.227 e. The largest absolute Gasteiger partial charge is 0.326 e. The summed E-state index contributed by atoms with van der Waals surface area (Å²) in [6.45, 7) is 3.42. The van der Waals surface area contributed by atoms with Crippen LogP contribution in [-0.4, -0.2) is 19.0 Å². The van der Waals surface area contributed by atoms with Crippen LogP contribution >= 0.6 is 12.4 Å². The molecule has 1 aliphatic heterocycles. The van der Waals surface area contributed by atoms with E-state index in [4.69, 9.17) is 0 Å². The average Bonchev–Trinajstić information content (AvgIpc) is 2.36. The molecule has 1 heterocycles. The number of nitrogens with one attached hydrogen (secondary N) is 2. The molecule has 0 bridgehead atoms. The van der Waals surface area contributed by atoms with Crippen molar-refractivity contribution in [2.75, 3.05) is 18.4 Å². The van der Waals surface area contributed by atoms with Crippen LogP contribution < -0.4 is 10.6 Å². The van der Waals surface area contributed by atoms with Crippen LogP contribution in [0.1, 0.15) is 18.4 Å². The molecule has 1 fully saturated rings. The van der Waals surface area contributed by atoms with Crippen LogP contribution in [0.25, 0.3) is 0 Å². The summed E-state index contributed by atoms with van der Waals surface area (Å²) < 4.78 is 13.3. The Hall–Kier alpha value is -1.13. The highest BCUT2D eigenvalue weighted by molar-refractivity contribution is 5.93. The highest BCUT2D eigenvalue weighted by Crippen LogP contribution is 2.20. The van der Waals surface area contributed by atoms with Gasteiger partial charge in [-0.25, -0.2) is 4.39 Å². The Bertz CT molecular complexity index is 419. The molecule has 0 radical (unpaired) electrons. The summed E-state index contributed by atoms with van der Waals surface area (Å²) in [5.74, 6) is -0.243. The molecule has 0 spiro atoms. The van der Waals surface area contributed by atoms with E-state index in [0.29, 0.717) is 11.3 Å². The van der Waals surface area contributed by atoms with Gasteiger partial charge in [-0.3, -0.25) is 4.79 Å². The number of rotatable bonds is 2. The summed E-state index contributed by atoms with van der Waals surface area (Å²) in [6, 6.07) is 4.74. The minimum atomic E-state index is -0.284. The van der Waals surface area contributed by atoms with Gasteiger partial charge in [-0.05, 0) is 45.0 Å². The number of amides is 1. The SMILES string of the molecule is Cc1c(F)cccc1NC(=O)C1CCNCC1.Cl. The van der Waals surface area contributed by atoms with E-state index in [0.717, 1.165) is 25.9 Å². The van der Waals surface area contributed by atoms with Gasteiger partial charge in [0.25, 0.3) is 0 Å². The Labute approximate surface area is 113 Å². The van der Waals surface area contributed by atoms with Gasteiger partial charge in [0, 0.05) is 17.2 Å². The Balaban J connectivity index is 0.00000162. The molecule has 1 aliphatic rings. The van der Waals surface area contributed by atoms with Crippen molar-refractivity contribution in [2.24, 2.45) is 5.92 Å². The van der Waals surface area contributed by atoms with Crippen molar-refractivity contribution in [3.63, 3.8) is 0 Å². The van der Waals surface area contributed by atoms with Gasteiger partial charge in [0.2, 0.25) is 5.91 Å². The average molecular weight is 273 g/mol. The molecular weight excluding hydrogens is 255 g/mol. The predicted molar refractivity (Wildman–Crippen MR) is 72.6 cm³/mol. The van der Waals surface area contributed by atoms with E-state index < -0.39 is 0 Å². The molecule has 5 heteroatoms. The topological polar surface area (TPSA) is 41.1 Å². The fourth-order valence-electron chi connectivity index (χ4n) is 2.06. The van der Waals surface area contributed by atoms with Crippen LogP contribution in [0.5, 0.6) is 0 Å². The lowest BCUT2D eigenvalue weighted by molar-refractivity contribution is -0.120. The van der Waals surface area contributed by atoms with Crippen molar-refractivity contribution in [3.05, 3.63) is 29.6 Å². The second-order valence-corrected chi connectivity index (χ2v) is 4.43. The number of piperidine rings is 1. The standard InChI is InChI=1S/C13H17FN2O.ClH/c1-9-11(14)3-2-4-12(9)16-13(17)10-5-7-15-8-6-10;/h2-4,10,15H,5-8H2,1H3,(H,16,17);1H. The summed E-state index contributed by atoms with van der Waals surface area (Å²) in [5.41, 5.74) is 1.07. The lowest BCUT2D eigenvalue weighted by Crippen LogP contribution is -2.34. The minimum absolute atomic E-state index is 0. The third-order valence-corrected chi connectivity index (χ3v) is 3.24. The molecule has 18 heavy (non-hydrogen) atoms. The molecule has 0 atom stereocenters. The van der Waals surface area contributed by atoms with Crippen molar-refractivity contribution in [2.45, 2.75) is 19.8 Å². The summed E-state index contributed by atoms with van der Waals surface area (Å²) in [4.78, 5) is 12.0. The maximum absolute atomic E-state index is 13.3. The third-order valence-electron chi connectivity index (χ3n) is 3.24. The fourth-order valence-corrected chi connectivity index (χ4v) is 2.06. The molecule has 1 aromatic carbocycles. The van der Waals surface area contributed by atoms with Crippen LogP contribution in [0, 0.1) is 18.7 Å². The molecule has 2 rings (SSSR count). The molecule has 100 valence electrons. The maximum atomic E-state index is 13.3. The molecule has 2 N–H and O–H groups in total. The number of halogens is 2. The summed E-state index contributed by atoms with van der Waals surface area (Å²) in [7, 11) is 0. The third kappa shape index (κ3) is 3.43. The Morgan fingerprint density at radius 1 is 1.39 bits per heavy atom. The summed E-state index contributed by atoms with van der Waals surface area (Å²) in [6.07, 6.45) is 1.69. The Kier molecular flexibility index (Phi) is 5.56. The van der Waals surface area contributed by atoms with Crippen molar-refractivity contribution in [3.8, 4) is 0 Å². The van der Waals surface area contributed by atoms with Crippen molar-refractivity contribution in [1.82, 2.24) is 5.32 Å². The number of carbonyl (C=O) groups is 1. The number of benzene rings is 1. The van der Waals surface area contributed by atoms with Gasteiger partial charge in [-0.1, -0.05) is 6.07 Å². The summed E-state index contributed by atoms with van der Waals surface area (Å²) in [5, 5.41) is 6.03. The highest BCUT2D eigenvalue weighted by Gasteiger charge is 2.21. The normalized spacial score (nSPS) is 15.9. The quantitative estimate of drug-likeness (QED) is 0.869. The van der Waals surface area contributed by atoms with E-state index in [2.05, 4.69) is 10.6 Å². The van der Waals surface area contributed by atoms with Gasteiger partial charge in [0.05, 0.1) is 0 Å². The molecular formula is C13H18ClFN2O. The van der Waals surface area contributed by atoms with Gasteiger partial charge in [-0.15, -0.1) is 12.4 Å². The summed E-state index contributed by atoms with van der Waals surface area (Å²) >= 11 is 0. The molecule has 0 aromatic heterocycles. The van der Waals surface area contributed by atoms with Crippen LogP contribution in [0.4, 0.5) is 10.1 Å². The molecule has 1 saturated heterocycles. The van der Waals surface area contributed by atoms with Crippen LogP contribution in [-0.2, 0) is 4.79 Å². The van der Waals surface area contributed by atoms with Crippen LogP contribution in [0.3, 0.4) is 0 Å². The first-order valence-electron chi connectivity index (χ1n) is 5.95. The second kappa shape index (κ2) is 6.71. The first-order chi connectivity index (χ1) is 8.18. The van der Waals surface area contributed by atoms with Crippen LogP contribution in [0.15, 0.2) is 18.2 Å². The van der Waals surface area contributed by atoms with Gasteiger partial charge < -0.3 is 10.6 Å². The first kappa shape index (κ1) is 14.9. The van der Waals surface area contributed by atoms with Crippen molar-refractivity contribution in [1.29, 1.82) is 0 Å². The zero-order valence-corrected chi connectivity index (χ0v) is 11.1. The predicted octanol–water partition coefficient (Wildman–Crippen LogP) is 2.49. The van der Waals surface area contributed by atoms with E-state index in [-0.39, 0.29) is 30.0 Å². The maximum Gasteiger partial charge on any atom is 0.227 e. The lowest BCUT2D eigenvalue weighted by Gasteiger charge is -2.22. The molecule has 0 saturated carbocycles. The first-order valence-corrected chi connectivity index (χ1v) is 5.95. The molecule has 1 aromatic rings. The van der Waals surface area contributed by atoms with E-state index in [1.165, 1.54) is 6.07 Å². The monoisotopic (exact) mass is 272 g/mol. The molecule has 0 aliphatic carbocycles.